The zero-order valence-corrected chi connectivity index (χ0v) is 19.4. The van der Waals surface area contributed by atoms with Crippen molar-refractivity contribution in [2.24, 2.45) is 4.99 Å². The summed E-state index contributed by atoms with van der Waals surface area (Å²) in [4.78, 5) is 6.50. The fourth-order valence-corrected chi connectivity index (χ4v) is 2.82. The summed E-state index contributed by atoms with van der Waals surface area (Å²) in [7, 11) is 1.01. The molecule has 0 aliphatic heterocycles. The predicted molar refractivity (Wildman–Crippen MR) is 119 cm³/mol. The monoisotopic (exact) mass is 499 g/mol. The lowest BCUT2D eigenvalue weighted by atomic mass is 10.3. The number of hydrogen-bond donors (Lipinski definition) is 1. The van der Waals surface area contributed by atoms with Gasteiger partial charge in [-0.3, -0.25) is 9.20 Å². The minimum Gasteiger partial charge on any atom is -0.492 e. The molecule has 1 unspecified atom stereocenters. The van der Waals surface area contributed by atoms with Crippen LogP contribution in [-0.2, 0) is 10.8 Å². The van der Waals surface area contributed by atoms with Crippen molar-refractivity contribution in [3.05, 3.63) is 30.1 Å². The number of aliphatic imine (C=N–C) groups is 1. The SMILES string of the molecule is CCNC(=NCCS(=O)C(C)(C)C)N(C)CCOc1ccc(F)cc1.I. The maximum Gasteiger partial charge on any atom is 0.193 e. The Balaban J connectivity index is 0.00000625. The summed E-state index contributed by atoms with van der Waals surface area (Å²) >= 11 is 0. The summed E-state index contributed by atoms with van der Waals surface area (Å²) in [5.41, 5.74) is 0. The average Bonchev–Trinajstić information content (AvgIpc) is 2.54. The first-order valence-electron chi connectivity index (χ1n) is 8.50. The van der Waals surface area contributed by atoms with Gasteiger partial charge in [-0.2, -0.15) is 0 Å². The van der Waals surface area contributed by atoms with Gasteiger partial charge in [0.15, 0.2) is 5.96 Å². The van der Waals surface area contributed by atoms with Crippen molar-refractivity contribution in [2.45, 2.75) is 32.4 Å². The minimum absolute atomic E-state index is 0. The molecule has 0 spiro atoms. The molecule has 0 bridgehead atoms. The Morgan fingerprint density at radius 3 is 2.46 bits per heavy atom. The van der Waals surface area contributed by atoms with Crippen LogP contribution < -0.4 is 10.1 Å². The highest BCUT2D eigenvalue weighted by Crippen LogP contribution is 2.11. The Bertz CT molecular complexity index is 577. The Hall–Kier alpha value is -0.900. The van der Waals surface area contributed by atoms with Crippen LogP contribution >= 0.6 is 24.0 Å². The predicted octanol–water partition coefficient (Wildman–Crippen LogP) is 3.27. The number of likely N-dealkylation sites (N-methyl/N-ethyl adjacent to an activating group) is 1. The number of halogens is 2. The van der Waals surface area contributed by atoms with E-state index in [9.17, 15) is 8.60 Å². The van der Waals surface area contributed by atoms with Gasteiger partial charge in [-0.1, -0.05) is 0 Å². The Morgan fingerprint density at radius 1 is 1.31 bits per heavy atom. The average molecular weight is 499 g/mol. The molecular weight excluding hydrogens is 468 g/mol. The van der Waals surface area contributed by atoms with E-state index in [0.29, 0.717) is 31.2 Å². The highest BCUT2D eigenvalue weighted by atomic mass is 127. The second kappa shape index (κ2) is 12.5. The molecule has 0 aliphatic carbocycles. The van der Waals surface area contributed by atoms with Crippen molar-refractivity contribution in [3.63, 3.8) is 0 Å². The summed E-state index contributed by atoms with van der Waals surface area (Å²) in [5.74, 6) is 1.66. The van der Waals surface area contributed by atoms with E-state index in [1.165, 1.54) is 12.1 Å². The molecule has 0 aliphatic rings. The lowest BCUT2D eigenvalue weighted by Gasteiger charge is -2.22. The van der Waals surface area contributed by atoms with Crippen LogP contribution in [0.2, 0.25) is 0 Å². The topological polar surface area (TPSA) is 53.9 Å². The minimum atomic E-state index is -0.912. The van der Waals surface area contributed by atoms with Crippen molar-refractivity contribution in [3.8, 4) is 5.75 Å². The zero-order chi connectivity index (χ0) is 18.9. The van der Waals surface area contributed by atoms with Gasteiger partial charge in [0.05, 0.1) is 13.1 Å². The van der Waals surface area contributed by atoms with Crippen molar-refractivity contribution >= 4 is 40.7 Å². The van der Waals surface area contributed by atoms with Gasteiger partial charge in [0, 0.05) is 34.9 Å². The molecule has 0 saturated carbocycles. The summed E-state index contributed by atoms with van der Waals surface area (Å²) in [6.45, 7) is 10.3. The maximum absolute atomic E-state index is 12.9. The smallest absolute Gasteiger partial charge is 0.193 e. The third-order valence-corrected chi connectivity index (χ3v) is 5.35. The summed E-state index contributed by atoms with van der Waals surface area (Å²) in [5, 5.41) is 3.22. The fourth-order valence-electron chi connectivity index (χ4n) is 1.95. The second-order valence-corrected chi connectivity index (χ2v) is 8.95. The molecule has 0 aromatic heterocycles. The first kappa shape index (κ1) is 25.1. The maximum atomic E-state index is 12.9. The molecule has 1 rings (SSSR count). The molecule has 8 heteroatoms. The second-order valence-electron chi connectivity index (χ2n) is 6.62. The largest absolute Gasteiger partial charge is 0.492 e. The van der Waals surface area contributed by atoms with Gasteiger partial charge >= 0.3 is 0 Å². The molecule has 1 aromatic carbocycles. The standard InChI is InChI=1S/C18H30FN3O2S.HI/c1-6-20-17(21-11-14-25(23)18(2,3)4)22(5)12-13-24-16-9-7-15(19)8-10-16;/h7-10H,6,11-14H2,1-5H3,(H,20,21);1H. The molecule has 0 saturated heterocycles. The number of nitrogens with one attached hydrogen (secondary N) is 1. The van der Waals surface area contributed by atoms with Gasteiger partial charge in [0.2, 0.25) is 0 Å². The normalized spacial score (nSPS) is 12.9. The van der Waals surface area contributed by atoms with Crippen LogP contribution in [0.4, 0.5) is 4.39 Å². The molecular formula is C18H31FIN3O2S. The molecule has 0 radical (unpaired) electrons. The first-order chi connectivity index (χ1) is 11.7. The van der Waals surface area contributed by atoms with Crippen molar-refractivity contribution in [1.82, 2.24) is 10.2 Å². The van der Waals surface area contributed by atoms with Crippen LogP contribution in [0.1, 0.15) is 27.7 Å². The fraction of sp³-hybridized carbons (Fsp3) is 0.611. The first-order valence-corrected chi connectivity index (χ1v) is 9.82. The van der Waals surface area contributed by atoms with Crippen LogP contribution in [0.3, 0.4) is 0 Å². The van der Waals surface area contributed by atoms with Crippen molar-refractivity contribution in [2.75, 3.05) is 39.0 Å². The van der Waals surface area contributed by atoms with Crippen LogP contribution in [0, 0.1) is 5.82 Å². The summed E-state index contributed by atoms with van der Waals surface area (Å²) in [6.07, 6.45) is 0. The van der Waals surface area contributed by atoms with Crippen LogP contribution in [0.25, 0.3) is 0 Å². The van der Waals surface area contributed by atoms with Gasteiger partial charge in [0.25, 0.3) is 0 Å². The van der Waals surface area contributed by atoms with E-state index < -0.39 is 10.8 Å². The van der Waals surface area contributed by atoms with E-state index in [4.69, 9.17) is 4.74 Å². The number of nitrogens with zero attached hydrogens (tertiary/aromatic N) is 2. The quantitative estimate of drug-likeness (QED) is 0.339. The Labute approximate surface area is 176 Å². The molecule has 1 N–H and O–H groups in total. The number of guanidine groups is 1. The lowest BCUT2D eigenvalue weighted by Crippen LogP contribution is -2.41. The van der Waals surface area contributed by atoms with E-state index in [0.717, 1.165) is 12.5 Å². The molecule has 1 aromatic rings. The van der Waals surface area contributed by atoms with Crippen LogP contribution in [-0.4, -0.2) is 58.9 Å². The van der Waals surface area contributed by atoms with Crippen LogP contribution in [0.15, 0.2) is 29.3 Å². The molecule has 1 atom stereocenters. The molecule has 26 heavy (non-hydrogen) atoms. The van der Waals surface area contributed by atoms with Gasteiger partial charge < -0.3 is 15.0 Å². The summed E-state index contributed by atoms with van der Waals surface area (Å²) < 4.78 is 30.3. The number of ether oxygens (including phenoxy) is 1. The third-order valence-electron chi connectivity index (χ3n) is 3.43. The van der Waals surface area contributed by atoms with Crippen molar-refractivity contribution < 1.29 is 13.3 Å². The number of benzene rings is 1. The molecule has 0 fully saturated rings. The molecule has 0 amide bonds. The van der Waals surface area contributed by atoms with E-state index in [1.807, 2.05) is 39.6 Å². The molecule has 150 valence electrons. The zero-order valence-electron chi connectivity index (χ0n) is 16.3. The molecule has 5 nitrogen and oxygen atoms in total. The summed E-state index contributed by atoms with van der Waals surface area (Å²) in [6, 6.07) is 5.96. The number of hydrogen-bond acceptors (Lipinski definition) is 3. The van der Waals surface area contributed by atoms with Gasteiger partial charge in [-0.15, -0.1) is 24.0 Å². The highest BCUT2D eigenvalue weighted by Gasteiger charge is 2.18. The van der Waals surface area contributed by atoms with E-state index in [-0.39, 0.29) is 34.5 Å². The lowest BCUT2D eigenvalue weighted by molar-refractivity contribution is 0.281. The van der Waals surface area contributed by atoms with E-state index >= 15 is 0 Å². The van der Waals surface area contributed by atoms with Gasteiger partial charge in [-0.25, -0.2) is 4.39 Å². The Kier molecular flexibility index (Phi) is 12.0. The van der Waals surface area contributed by atoms with E-state index in [2.05, 4.69) is 10.3 Å². The highest BCUT2D eigenvalue weighted by molar-refractivity contribution is 14.0. The Morgan fingerprint density at radius 2 is 1.92 bits per heavy atom. The third kappa shape index (κ3) is 9.70. The van der Waals surface area contributed by atoms with E-state index in [1.54, 1.807) is 12.1 Å². The number of rotatable bonds is 8. The van der Waals surface area contributed by atoms with Crippen LogP contribution in [0.5, 0.6) is 5.75 Å². The molecule has 0 heterocycles. The van der Waals surface area contributed by atoms with Gasteiger partial charge in [0.1, 0.15) is 18.2 Å². The van der Waals surface area contributed by atoms with Gasteiger partial charge in [-0.05, 0) is 52.0 Å². The van der Waals surface area contributed by atoms with Crippen molar-refractivity contribution in [1.29, 1.82) is 0 Å².